The van der Waals surface area contributed by atoms with Crippen molar-refractivity contribution in [3.63, 3.8) is 0 Å². The van der Waals surface area contributed by atoms with Gasteiger partial charge in [0.25, 0.3) is 15.0 Å². The van der Waals surface area contributed by atoms with Gasteiger partial charge in [0.05, 0.1) is 5.69 Å². The molecular weight excluding hydrogens is 326 g/mol. The Labute approximate surface area is 123 Å². The Bertz CT molecular complexity index is 651. The maximum atomic E-state index is 11.9. The van der Waals surface area contributed by atoms with E-state index in [2.05, 4.69) is 15.5 Å². The Hall–Kier alpha value is -0.930. The molecule has 7 nitrogen and oxygen atoms in total. The summed E-state index contributed by atoms with van der Waals surface area (Å²) in [5.41, 5.74) is 0.160. The maximum Gasteiger partial charge on any atom is 0.273 e. The van der Waals surface area contributed by atoms with Crippen LogP contribution in [-0.2, 0) is 19.9 Å². The van der Waals surface area contributed by atoms with Gasteiger partial charge in [0.15, 0.2) is 5.69 Å². The normalized spacial score (nSPS) is 16.9. The van der Waals surface area contributed by atoms with Gasteiger partial charge in [-0.25, -0.2) is 8.42 Å². The Morgan fingerprint density at radius 3 is 2.70 bits per heavy atom. The minimum Gasteiger partial charge on any atom is -0.350 e. The minimum atomic E-state index is -4.05. The molecule has 0 radical (unpaired) electrons. The zero-order valence-electron chi connectivity index (χ0n) is 10.7. The molecular formula is C10H14ClN3O4S2. The third kappa shape index (κ3) is 3.58. The first-order chi connectivity index (χ1) is 9.30. The largest absolute Gasteiger partial charge is 0.350 e. The molecule has 1 amide bonds. The van der Waals surface area contributed by atoms with Crippen LogP contribution in [0, 0.1) is 0 Å². The number of H-pyrrole nitrogens is 1. The van der Waals surface area contributed by atoms with E-state index in [1.807, 2.05) is 0 Å². The Balaban J connectivity index is 2.23. The molecule has 1 aromatic heterocycles. The second-order valence-electron chi connectivity index (χ2n) is 4.56. The number of nitrogens with zero attached hydrogens (tertiary/aromatic N) is 1. The van der Waals surface area contributed by atoms with E-state index >= 15 is 0 Å². The van der Waals surface area contributed by atoms with Gasteiger partial charge in [-0.05, 0) is 12.8 Å². The molecule has 0 spiro atoms. The van der Waals surface area contributed by atoms with Crippen molar-refractivity contribution in [1.29, 1.82) is 0 Å². The Morgan fingerprint density at radius 1 is 1.55 bits per heavy atom. The SMILES string of the molecule is CS(=O)CCNC(=O)c1n[nH]c(C2CC2)c1S(=O)(=O)Cl. The highest BCUT2D eigenvalue weighted by Crippen LogP contribution is 2.43. The molecule has 1 atom stereocenters. The molecule has 0 saturated heterocycles. The van der Waals surface area contributed by atoms with Gasteiger partial charge in [0.1, 0.15) is 4.90 Å². The second-order valence-corrected chi connectivity index (χ2v) is 8.62. The topological polar surface area (TPSA) is 109 Å². The minimum absolute atomic E-state index is 0.0655. The van der Waals surface area contributed by atoms with Gasteiger partial charge in [-0.3, -0.25) is 14.1 Å². The third-order valence-electron chi connectivity index (χ3n) is 2.87. The van der Waals surface area contributed by atoms with Crippen molar-refractivity contribution < 1.29 is 17.4 Å². The summed E-state index contributed by atoms with van der Waals surface area (Å²) in [6, 6.07) is 0. The number of carbonyl (C=O) groups excluding carboxylic acids is 1. The molecule has 1 unspecified atom stereocenters. The molecule has 112 valence electrons. The van der Waals surface area contributed by atoms with Crippen LogP contribution in [0.2, 0.25) is 0 Å². The molecule has 0 aliphatic heterocycles. The molecule has 2 N–H and O–H groups in total. The number of rotatable bonds is 6. The van der Waals surface area contributed by atoms with Crippen molar-refractivity contribution in [2.45, 2.75) is 23.7 Å². The van der Waals surface area contributed by atoms with Crippen LogP contribution >= 0.6 is 10.7 Å². The van der Waals surface area contributed by atoms with Crippen molar-refractivity contribution >= 4 is 36.4 Å². The number of hydrogen-bond acceptors (Lipinski definition) is 5. The van der Waals surface area contributed by atoms with E-state index in [9.17, 15) is 17.4 Å². The summed E-state index contributed by atoms with van der Waals surface area (Å²) in [5, 5.41) is 8.83. The first kappa shape index (κ1) is 15.5. The van der Waals surface area contributed by atoms with E-state index in [1.165, 1.54) is 6.26 Å². The number of aromatic nitrogens is 2. The number of hydrogen-bond donors (Lipinski definition) is 2. The molecule has 20 heavy (non-hydrogen) atoms. The van der Waals surface area contributed by atoms with E-state index in [4.69, 9.17) is 10.7 Å². The van der Waals surface area contributed by atoms with E-state index in [1.54, 1.807) is 0 Å². The summed E-state index contributed by atoms with van der Waals surface area (Å²) in [6.45, 7) is 0.176. The first-order valence-corrected chi connectivity index (χ1v) is 9.95. The first-order valence-electron chi connectivity index (χ1n) is 5.92. The summed E-state index contributed by atoms with van der Waals surface area (Å²) in [6.07, 6.45) is 3.20. The average Bonchev–Trinajstić information content (AvgIpc) is 3.05. The molecule has 1 heterocycles. The highest BCUT2D eigenvalue weighted by Gasteiger charge is 2.36. The summed E-state index contributed by atoms with van der Waals surface area (Å²) >= 11 is 0. The number of amides is 1. The van der Waals surface area contributed by atoms with Crippen LogP contribution in [0.25, 0.3) is 0 Å². The van der Waals surface area contributed by atoms with Crippen LogP contribution in [0.3, 0.4) is 0 Å². The van der Waals surface area contributed by atoms with Gasteiger partial charge >= 0.3 is 0 Å². The average molecular weight is 340 g/mol. The van der Waals surface area contributed by atoms with Crippen LogP contribution in [0.5, 0.6) is 0 Å². The predicted octanol–water partition coefficient (Wildman–Crippen LogP) is 0.323. The van der Waals surface area contributed by atoms with Crippen molar-refractivity contribution in [3.05, 3.63) is 11.4 Å². The van der Waals surface area contributed by atoms with E-state index in [-0.39, 0.29) is 28.8 Å². The molecule has 0 aromatic carbocycles. The second kappa shape index (κ2) is 5.82. The van der Waals surface area contributed by atoms with Gasteiger partial charge in [-0.2, -0.15) is 5.10 Å². The van der Waals surface area contributed by atoms with Crippen LogP contribution in [0.4, 0.5) is 0 Å². The quantitative estimate of drug-likeness (QED) is 0.725. The van der Waals surface area contributed by atoms with Gasteiger partial charge in [-0.15, -0.1) is 0 Å². The molecule has 1 aromatic rings. The zero-order chi connectivity index (χ0) is 14.9. The van der Waals surface area contributed by atoms with E-state index < -0.39 is 25.8 Å². The van der Waals surface area contributed by atoms with Crippen LogP contribution < -0.4 is 5.32 Å². The van der Waals surface area contributed by atoms with Gasteiger partial charge < -0.3 is 5.32 Å². The van der Waals surface area contributed by atoms with Crippen molar-refractivity contribution in [2.75, 3.05) is 18.6 Å². The van der Waals surface area contributed by atoms with Gasteiger partial charge in [0, 0.05) is 46.0 Å². The molecule has 2 rings (SSSR count). The fourth-order valence-electron chi connectivity index (χ4n) is 1.79. The Kier molecular flexibility index (Phi) is 4.50. The lowest BCUT2D eigenvalue weighted by atomic mass is 10.2. The molecule has 1 fully saturated rings. The maximum absolute atomic E-state index is 11.9. The van der Waals surface area contributed by atoms with Crippen LogP contribution in [-0.4, -0.2) is 47.3 Å². The summed E-state index contributed by atoms with van der Waals surface area (Å²) < 4.78 is 34.2. The third-order valence-corrected chi connectivity index (χ3v) is 5.01. The zero-order valence-corrected chi connectivity index (χ0v) is 13.1. The van der Waals surface area contributed by atoms with Gasteiger partial charge in [-0.1, -0.05) is 0 Å². The number of aromatic amines is 1. The van der Waals surface area contributed by atoms with Crippen LogP contribution in [0.15, 0.2) is 4.90 Å². The number of carbonyl (C=O) groups is 1. The molecule has 1 aliphatic carbocycles. The lowest BCUT2D eigenvalue weighted by Crippen LogP contribution is -2.28. The Morgan fingerprint density at radius 2 is 2.20 bits per heavy atom. The van der Waals surface area contributed by atoms with Gasteiger partial charge in [0.2, 0.25) is 0 Å². The van der Waals surface area contributed by atoms with E-state index in [0.29, 0.717) is 5.69 Å². The van der Waals surface area contributed by atoms with Crippen molar-refractivity contribution in [3.8, 4) is 0 Å². The van der Waals surface area contributed by atoms with Crippen LogP contribution in [0.1, 0.15) is 34.9 Å². The highest BCUT2D eigenvalue weighted by molar-refractivity contribution is 8.13. The number of halogens is 1. The molecule has 1 aliphatic rings. The van der Waals surface area contributed by atoms with Crippen molar-refractivity contribution in [1.82, 2.24) is 15.5 Å². The predicted molar refractivity (Wildman–Crippen MR) is 74.9 cm³/mol. The monoisotopic (exact) mass is 339 g/mol. The smallest absolute Gasteiger partial charge is 0.273 e. The fourth-order valence-corrected chi connectivity index (χ4v) is 3.49. The van der Waals surface area contributed by atoms with E-state index in [0.717, 1.165) is 12.8 Å². The fraction of sp³-hybridized carbons (Fsp3) is 0.600. The lowest BCUT2D eigenvalue weighted by Gasteiger charge is -2.03. The summed E-state index contributed by atoms with van der Waals surface area (Å²) in [4.78, 5) is 11.7. The number of nitrogens with one attached hydrogen (secondary N) is 2. The summed E-state index contributed by atoms with van der Waals surface area (Å²) in [7, 11) is 0.299. The standard InChI is InChI=1S/C10H14ClN3O4S2/c1-19(16)5-4-12-10(15)8-9(20(11,17)18)7(13-14-8)6-2-3-6/h6H,2-5H2,1H3,(H,12,15)(H,13,14). The van der Waals surface area contributed by atoms with Crippen molar-refractivity contribution in [2.24, 2.45) is 0 Å². The summed E-state index contributed by atoms with van der Waals surface area (Å²) in [5.74, 6) is -0.289. The molecule has 10 heteroatoms. The molecule has 1 saturated carbocycles. The molecule has 0 bridgehead atoms. The lowest BCUT2D eigenvalue weighted by molar-refractivity contribution is 0.0948. The highest BCUT2D eigenvalue weighted by atomic mass is 35.7.